The molecule has 6 heteroatoms. The van der Waals surface area contributed by atoms with Crippen molar-refractivity contribution in [2.24, 2.45) is 5.41 Å². The van der Waals surface area contributed by atoms with Crippen molar-refractivity contribution in [3.05, 3.63) is 41.3 Å². The fourth-order valence-electron chi connectivity index (χ4n) is 3.71. The molecule has 25 heavy (non-hydrogen) atoms. The van der Waals surface area contributed by atoms with Crippen molar-refractivity contribution in [2.75, 3.05) is 13.3 Å². The molecule has 0 spiro atoms. The van der Waals surface area contributed by atoms with Crippen LogP contribution in [0, 0.1) is 12.3 Å². The van der Waals surface area contributed by atoms with E-state index >= 15 is 0 Å². The van der Waals surface area contributed by atoms with Crippen molar-refractivity contribution in [3.63, 3.8) is 0 Å². The second-order valence-corrected chi connectivity index (χ2v) is 7.35. The molecule has 1 fully saturated rings. The zero-order chi connectivity index (χ0) is 17.4. The fourth-order valence-corrected chi connectivity index (χ4v) is 3.71. The number of carbonyl (C=O) groups is 1. The summed E-state index contributed by atoms with van der Waals surface area (Å²) in [4.78, 5) is 14.2. The van der Waals surface area contributed by atoms with Crippen molar-refractivity contribution in [1.82, 2.24) is 10.1 Å². The second-order valence-electron chi connectivity index (χ2n) is 7.35. The van der Waals surface area contributed by atoms with Gasteiger partial charge in [0.05, 0.1) is 6.54 Å². The Bertz CT molecular complexity index is 800. The van der Waals surface area contributed by atoms with Crippen molar-refractivity contribution in [3.8, 4) is 11.5 Å². The van der Waals surface area contributed by atoms with E-state index in [1.165, 1.54) is 5.56 Å². The Hall–Kier alpha value is -2.50. The fraction of sp³-hybridized carbons (Fsp3) is 0.474. The Morgan fingerprint density at radius 2 is 2.08 bits per heavy atom. The first-order valence-corrected chi connectivity index (χ1v) is 8.59. The lowest BCUT2D eigenvalue weighted by Crippen LogP contribution is -2.45. The van der Waals surface area contributed by atoms with E-state index in [9.17, 15) is 4.79 Å². The molecule has 1 aromatic carbocycles. The van der Waals surface area contributed by atoms with E-state index in [-0.39, 0.29) is 18.1 Å². The number of nitrogens with zero attached hydrogens (tertiary/aromatic N) is 2. The molecule has 132 valence electrons. The van der Waals surface area contributed by atoms with E-state index < -0.39 is 0 Å². The summed E-state index contributed by atoms with van der Waals surface area (Å²) in [5, 5.41) is 4.02. The van der Waals surface area contributed by atoms with Gasteiger partial charge in [-0.1, -0.05) is 18.1 Å². The molecule has 1 amide bonds. The molecular formula is C19H22N2O4. The predicted molar refractivity (Wildman–Crippen MR) is 90.3 cm³/mol. The minimum Gasteiger partial charge on any atom is -0.454 e. The molecule has 0 radical (unpaired) electrons. The normalized spacial score (nSPS) is 22.5. The number of hydrogen-bond acceptors (Lipinski definition) is 5. The quantitative estimate of drug-likeness (QED) is 0.854. The van der Waals surface area contributed by atoms with Crippen LogP contribution in [-0.2, 0) is 17.8 Å². The SMILES string of the molecule is Cc1cc(CN2CC(C)(Cc3ccc4c(c3)OCO4)CCC2=O)no1. The number of likely N-dealkylation sites (tertiary alicyclic amines) is 1. The highest BCUT2D eigenvalue weighted by molar-refractivity contribution is 5.77. The first kappa shape index (κ1) is 16.0. The molecule has 0 N–H and O–H groups in total. The summed E-state index contributed by atoms with van der Waals surface area (Å²) in [7, 11) is 0. The van der Waals surface area contributed by atoms with E-state index in [0.29, 0.717) is 19.5 Å². The number of hydrogen-bond donors (Lipinski definition) is 0. The minimum absolute atomic E-state index is 0.0282. The maximum absolute atomic E-state index is 12.3. The molecule has 2 aromatic rings. The van der Waals surface area contributed by atoms with Gasteiger partial charge in [0.25, 0.3) is 0 Å². The first-order chi connectivity index (χ1) is 12.0. The largest absolute Gasteiger partial charge is 0.454 e. The Labute approximate surface area is 146 Å². The molecule has 1 atom stereocenters. The number of fused-ring (bicyclic) bond motifs is 1. The van der Waals surface area contributed by atoms with Gasteiger partial charge in [0.2, 0.25) is 12.7 Å². The number of aryl methyl sites for hydroxylation is 1. The van der Waals surface area contributed by atoms with Crippen molar-refractivity contribution in [2.45, 2.75) is 39.7 Å². The minimum atomic E-state index is 0.0282. The zero-order valence-corrected chi connectivity index (χ0v) is 14.6. The number of aromatic nitrogens is 1. The van der Waals surface area contributed by atoms with Crippen molar-refractivity contribution < 1.29 is 18.8 Å². The third-order valence-electron chi connectivity index (χ3n) is 4.97. The molecule has 0 aliphatic carbocycles. The molecule has 2 aliphatic heterocycles. The number of ether oxygens (including phenoxy) is 2. The molecular weight excluding hydrogens is 320 g/mol. The summed E-state index contributed by atoms with van der Waals surface area (Å²) < 4.78 is 16.0. The Balaban J connectivity index is 1.48. The summed E-state index contributed by atoms with van der Waals surface area (Å²) in [6, 6.07) is 7.98. The highest BCUT2D eigenvalue weighted by atomic mass is 16.7. The van der Waals surface area contributed by atoms with Crippen LogP contribution >= 0.6 is 0 Å². The molecule has 4 rings (SSSR count). The van der Waals surface area contributed by atoms with Gasteiger partial charge in [0, 0.05) is 19.0 Å². The lowest BCUT2D eigenvalue weighted by Gasteiger charge is -2.40. The van der Waals surface area contributed by atoms with Gasteiger partial charge >= 0.3 is 0 Å². The molecule has 1 unspecified atom stereocenters. The van der Waals surface area contributed by atoms with Crippen LogP contribution in [0.1, 0.15) is 36.8 Å². The molecule has 6 nitrogen and oxygen atoms in total. The van der Waals surface area contributed by atoms with Gasteiger partial charge in [0.1, 0.15) is 11.5 Å². The van der Waals surface area contributed by atoms with Crippen LogP contribution < -0.4 is 9.47 Å². The predicted octanol–water partition coefficient (Wildman–Crippen LogP) is 3.08. The maximum atomic E-state index is 12.3. The average molecular weight is 342 g/mol. The van der Waals surface area contributed by atoms with Crippen LogP contribution in [0.5, 0.6) is 11.5 Å². The Morgan fingerprint density at radius 1 is 1.24 bits per heavy atom. The number of rotatable bonds is 4. The van der Waals surface area contributed by atoms with Gasteiger partial charge in [-0.25, -0.2) is 0 Å². The lowest BCUT2D eigenvalue weighted by atomic mass is 9.76. The lowest BCUT2D eigenvalue weighted by molar-refractivity contribution is -0.138. The Morgan fingerprint density at radius 3 is 2.88 bits per heavy atom. The monoisotopic (exact) mass is 342 g/mol. The summed E-state index contributed by atoms with van der Waals surface area (Å²) in [6.07, 6.45) is 2.35. The van der Waals surface area contributed by atoms with Crippen LogP contribution in [0.2, 0.25) is 0 Å². The molecule has 1 saturated heterocycles. The Kier molecular flexibility index (Phi) is 3.90. The standard InChI is InChI=1S/C19H22N2O4/c1-13-7-15(20-25-13)10-21-11-19(2,6-5-18(21)22)9-14-3-4-16-17(8-14)24-12-23-16/h3-4,7-8H,5-6,9-12H2,1-2H3. The summed E-state index contributed by atoms with van der Waals surface area (Å²) >= 11 is 0. The van der Waals surface area contributed by atoms with Crippen LogP contribution in [0.4, 0.5) is 0 Å². The molecule has 0 bridgehead atoms. The zero-order valence-electron chi connectivity index (χ0n) is 14.6. The van der Waals surface area contributed by atoms with Gasteiger partial charge in [-0.15, -0.1) is 0 Å². The third-order valence-corrected chi connectivity index (χ3v) is 4.97. The average Bonchev–Trinajstić information content (AvgIpc) is 3.19. The van der Waals surface area contributed by atoms with Crippen LogP contribution in [0.3, 0.4) is 0 Å². The summed E-state index contributed by atoms with van der Waals surface area (Å²) in [5.41, 5.74) is 2.04. The van der Waals surface area contributed by atoms with Crippen LogP contribution in [-0.4, -0.2) is 29.3 Å². The van der Waals surface area contributed by atoms with Crippen LogP contribution in [0.15, 0.2) is 28.8 Å². The van der Waals surface area contributed by atoms with Gasteiger partial charge in [-0.3, -0.25) is 4.79 Å². The van der Waals surface area contributed by atoms with Gasteiger partial charge in [-0.2, -0.15) is 0 Å². The number of carbonyl (C=O) groups excluding carboxylic acids is 1. The molecule has 2 aliphatic rings. The summed E-state index contributed by atoms with van der Waals surface area (Å²) in [5.74, 6) is 2.56. The maximum Gasteiger partial charge on any atom is 0.231 e. The van der Waals surface area contributed by atoms with E-state index in [2.05, 4.69) is 24.2 Å². The topological polar surface area (TPSA) is 64.8 Å². The highest BCUT2D eigenvalue weighted by Gasteiger charge is 2.35. The van der Waals surface area contributed by atoms with E-state index in [0.717, 1.165) is 35.8 Å². The second kappa shape index (κ2) is 6.10. The number of piperidine rings is 1. The molecule has 1 aromatic heterocycles. The van der Waals surface area contributed by atoms with Crippen molar-refractivity contribution in [1.29, 1.82) is 0 Å². The third kappa shape index (κ3) is 3.34. The first-order valence-electron chi connectivity index (χ1n) is 8.59. The van der Waals surface area contributed by atoms with Crippen molar-refractivity contribution >= 4 is 5.91 Å². The van der Waals surface area contributed by atoms with E-state index in [4.69, 9.17) is 14.0 Å². The van der Waals surface area contributed by atoms with Gasteiger partial charge in [-0.05, 0) is 42.9 Å². The van der Waals surface area contributed by atoms with Crippen LogP contribution in [0.25, 0.3) is 0 Å². The highest BCUT2D eigenvalue weighted by Crippen LogP contribution is 2.38. The smallest absolute Gasteiger partial charge is 0.231 e. The molecule has 0 saturated carbocycles. The number of amides is 1. The van der Waals surface area contributed by atoms with Gasteiger partial charge < -0.3 is 18.9 Å². The number of benzene rings is 1. The summed E-state index contributed by atoms with van der Waals surface area (Å²) in [6.45, 7) is 5.61. The molecule has 3 heterocycles. The van der Waals surface area contributed by atoms with E-state index in [1.807, 2.05) is 24.0 Å². The van der Waals surface area contributed by atoms with E-state index in [1.54, 1.807) is 0 Å². The van der Waals surface area contributed by atoms with Gasteiger partial charge in [0.15, 0.2) is 11.5 Å².